The number of carbonyl (C=O) groups is 1. The standard InChI is InChI=1S/C13H28O2Si/c1-8-11(2)12(9-10-14)15-16(6,7)13(3,4)5/h10-12H,8-9H2,1-7H3/t11-,12?/m0/s1. The molecule has 0 N–H and O–H groups in total. The highest BCUT2D eigenvalue weighted by atomic mass is 28.4. The fourth-order valence-electron chi connectivity index (χ4n) is 1.31. The lowest BCUT2D eigenvalue weighted by Crippen LogP contribution is -2.45. The molecule has 0 radical (unpaired) electrons. The minimum Gasteiger partial charge on any atom is -0.413 e. The average Bonchev–Trinajstić information content (AvgIpc) is 2.14. The van der Waals surface area contributed by atoms with Gasteiger partial charge in [0.25, 0.3) is 0 Å². The highest BCUT2D eigenvalue weighted by Crippen LogP contribution is 2.38. The Labute approximate surface area is 102 Å². The van der Waals surface area contributed by atoms with Gasteiger partial charge < -0.3 is 9.22 Å². The summed E-state index contributed by atoms with van der Waals surface area (Å²) in [5.41, 5.74) is 0. The molecule has 0 rings (SSSR count). The van der Waals surface area contributed by atoms with Gasteiger partial charge in [-0.25, -0.2) is 0 Å². The maximum absolute atomic E-state index is 10.7. The van der Waals surface area contributed by atoms with Crippen LogP contribution in [0.3, 0.4) is 0 Å². The third kappa shape index (κ3) is 4.38. The molecule has 0 aromatic heterocycles. The number of hydrogen-bond acceptors (Lipinski definition) is 2. The summed E-state index contributed by atoms with van der Waals surface area (Å²) in [6, 6.07) is 0. The molecular formula is C13H28O2Si. The summed E-state index contributed by atoms with van der Waals surface area (Å²) < 4.78 is 6.30. The molecule has 1 unspecified atom stereocenters. The molecule has 0 fully saturated rings. The van der Waals surface area contributed by atoms with Crippen LogP contribution in [-0.2, 0) is 9.22 Å². The van der Waals surface area contributed by atoms with Crippen LogP contribution in [0.25, 0.3) is 0 Å². The molecule has 0 amide bonds. The first-order valence-electron chi connectivity index (χ1n) is 6.27. The minimum atomic E-state index is -1.74. The zero-order valence-corrected chi connectivity index (χ0v) is 13.0. The van der Waals surface area contributed by atoms with E-state index in [9.17, 15) is 4.79 Å². The summed E-state index contributed by atoms with van der Waals surface area (Å²) in [5, 5.41) is 0.210. The number of aldehydes is 1. The Kier molecular flexibility index (Phi) is 5.91. The summed E-state index contributed by atoms with van der Waals surface area (Å²) in [7, 11) is -1.74. The maximum Gasteiger partial charge on any atom is 0.192 e. The molecule has 0 aromatic rings. The van der Waals surface area contributed by atoms with Crippen LogP contribution in [-0.4, -0.2) is 20.7 Å². The molecule has 2 nitrogen and oxygen atoms in total. The van der Waals surface area contributed by atoms with Crippen LogP contribution in [0.2, 0.25) is 18.1 Å². The third-order valence-corrected chi connectivity index (χ3v) is 8.36. The first-order valence-corrected chi connectivity index (χ1v) is 9.18. The van der Waals surface area contributed by atoms with Crippen LogP contribution in [0.4, 0.5) is 0 Å². The summed E-state index contributed by atoms with van der Waals surface area (Å²) in [6.45, 7) is 15.5. The van der Waals surface area contributed by atoms with Crippen molar-refractivity contribution >= 4 is 14.6 Å². The van der Waals surface area contributed by atoms with Crippen molar-refractivity contribution in [3.8, 4) is 0 Å². The zero-order chi connectivity index (χ0) is 13.0. The second-order valence-corrected chi connectivity index (χ2v) is 11.0. The molecule has 3 heteroatoms. The molecule has 2 atom stereocenters. The summed E-state index contributed by atoms with van der Waals surface area (Å²) in [4.78, 5) is 10.7. The Morgan fingerprint density at radius 3 is 2.12 bits per heavy atom. The Hall–Kier alpha value is -0.153. The van der Waals surface area contributed by atoms with Gasteiger partial charge in [-0.1, -0.05) is 41.0 Å². The summed E-state index contributed by atoms with van der Waals surface area (Å²) in [5.74, 6) is 0.458. The topological polar surface area (TPSA) is 26.3 Å². The van der Waals surface area contributed by atoms with E-state index in [4.69, 9.17) is 4.43 Å². The molecule has 0 saturated carbocycles. The van der Waals surface area contributed by atoms with Gasteiger partial charge in [-0.3, -0.25) is 0 Å². The first-order chi connectivity index (χ1) is 7.15. The van der Waals surface area contributed by atoms with Crippen LogP contribution in [0.5, 0.6) is 0 Å². The lowest BCUT2D eigenvalue weighted by atomic mass is 10.0. The zero-order valence-electron chi connectivity index (χ0n) is 12.0. The number of carbonyl (C=O) groups excluding carboxylic acids is 1. The molecule has 16 heavy (non-hydrogen) atoms. The van der Waals surface area contributed by atoms with Crippen molar-refractivity contribution in [2.75, 3.05) is 0 Å². The minimum absolute atomic E-state index is 0.100. The van der Waals surface area contributed by atoms with E-state index in [0.29, 0.717) is 12.3 Å². The van der Waals surface area contributed by atoms with Crippen LogP contribution in [0, 0.1) is 5.92 Å². The Bertz CT molecular complexity index is 218. The predicted molar refractivity (Wildman–Crippen MR) is 72.2 cm³/mol. The SMILES string of the molecule is CC[C@H](C)C(CC=O)O[Si](C)(C)C(C)(C)C. The van der Waals surface area contributed by atoms with E-state index >= 15 is 0 Å². The first kappa shape index (κ1) is 15.8. The number of rotatable bonds is 6. The lowest BCUT2D eigenvalue weighted by molar-refractivity contribution is -0.109. The van der Waals surface area contributed by atoms with Crippen molar-refractivity contribution in [2.45, 2.75) is 71.7 Å². The van der Waals surface area contributed by atoms with E-state index < -0.39 is 8.32 Å². The van der Waals surface area contributed by atoms with E-state index in [2.05, 4.69) is 47.7 Å². The number of hydrogen-bond donors (Lipinski definition) is 0. The molecule has 0 aromatic carbocycles. The summed E-state index contributed by atoms with van der Waals surface area (Å²) in [6.07, 6.45) is 2.68. The van der Waals surface area contributed by atoms with Crippen LogP contribution < -0.4 is 0 Å². The van der Waals surface area contributed by atoms with Gasteiger partial charge in [-0.15, -0.1) is 0 Å². The second-order valence-electron chi connectivity index (χ2n) is 6.20. The van der Waals surface area contributed by atoms with Gasteiger partial charge in [0.1, 0.15) is 6.29 Å². The van der Waals surface area contributed by atoms with Crippen LogP contribution in [0.1, 0.15) is 47.5 Å². The monoisotopic (exact) mass is 244 g/mol. The smallest absolute Gasteiger partial charge is 0.192 e. The van der Waals surface area contributed by atoms with Gasteiger partial charge in [-0.05, 0) is 24.1 Å². The largest absolute Gasteiger partial charge is 0.413 e. The van der Waals surface area contributed by atoms with Crippen molar-refractivity contribution < 1.29 is 9.22 Å². The van der Waals surface area contributed by atoms with E-state index in [-0.39, 0.29) is 11.1 Å². The van der Waals surface area contributed by atoms with Gasteiger partial charge in [0.2, 0.25) is 0 Å². The molecule has 0 saturated heterocycles. The van der Waals surface area contributed by atoms with E-state index in [1.165, 1.54) is 0 Å². The van der Waals surface area contributed by atoms with E-state index in [0.717, 1.165) is 12.7 Å². The molecule has 0 spiro atoms. The molecular weight excluding hydrogens is 216 g/mol. The highest BCUT2D eigenvalue weighted by molar-refractivity contribution is 6.74. The highest BCUT2D eigenvalue weighted by Gasteiger charge is 2.39. The van der Waals surface area contributed by atoms with E-state index in [1.807, 2.05) is 0 Å². The quantitative estimate of drug-likeness (QED) is 0.521. The van der Waals surface area contributed by atoms with Crippen molar-refractivity contribution in [2.24, 2.45) is 5.92 Å². The Morgan fingerprint density at radius 1 is 1.31 bits per heavy atom. The van der Waals surface area contributed by atoms with Gasteiger partial charge in [0, 0.05) is 6.42 Å². The molecule has 0 aliphatic heterocycles. The second kappa shape index (κ2) is 5.96. The van der Waals surface area contributed by atoms with Crippen molar-refractivity contribution in [3.05, 3.63) is 0 Å². The molecule has 0 heterocycles. The van der Waals surface area contributed by atoms with Gasteiger partial charge in [0.05, 0.1) is 6.10 Å². The fourth-order valence-corrected chi connectivity index (χ4v) is 2.75. The van der Waals surface area contributed by atoms with Crippen molar-refractivity contribution in [1.82, 2.24) is 0 Å². The molecule has 0 aliphatic carbocycles. The van der Waals surface area contributed by atoms with Gasteiger partial charge >= 0.3 is 0 Å². The molecule has 0 bridgehead atoms. The maximum atomic E-state index is 10.7. The lowest BCUT2D eigenvalue weighted by Gasteiger charge is -2.40. The average molecular weight is 244 g/mol. The van der Waals surface area contributed by atoms with Gasteiger partial charge in [-0.2, -0.15) is 0 Å². The van der Waals surface area contributed by atoms with Crippen LogP contribution >= 0.6 is 0 Å². The van der Waals surface area contributed by atoms with E-state index in [1.54, 1.807) is 0 Å². The van der Waals surface area contributed by atoms with Crippen LogP contribution in [0.15, 0.2) is 0 Å². The molecule has 0 aliphatic rings. The predicted octanol–water partition coefficient (Wildman–Crippen LogP) is 4.01. The Balaban J connectivity index is 4.68. The molecule has 96 valence electrons. The fraction of sp³-hybridized carbons (Fsp3) is 0.923. The third-order valence-electron chi connectivity index (χ3n) is 3.86. The summed E-state index contributed by atoms with van der Waals surface area (Å²) >= 11 is 0. The normalized spacial score (nSPS) is 16.9. The van der Waals surface area contributed by atoms with Gasteiger partial charge in [0.15, 0.2) is 8.32 Å². The Morgan fingerprint density at radius 2 is 1.81 bits per heavy atom. The van der Waals surface area contributed by atoms with Crippen molar-refractivity contribution in [1.29, 1.82) is 0 Å². The van der Waals surface area contributed by atoms with Crippen molar-refractivity contribution in [3.63, 3.8) is 0 Å².